The van der Waals surface area contributed by atoms with E-state index in [2.05, 4.69) is 16.8 Å². The molecule has 39 heavy (non-hydrogen) atoms. The topological polar surface area (TPSA) is 55.1 Å². The average molecular weight is 524 g/mol. The van der Waals surface area contributed by atoms with Crippen LogP contribution in [-0.4, -0.2) is 25.3 Å². The lowest BCUT2D eigenvalue weighted by molar-refractivity contribution is 0.180. The second-order valence-electron chi connectivity index (χ2n) is 9.52. The number of carbonyl (C=O) groups is 1. The van der Waals surface area contributed by atoms with Crippen LogP contribution in [0.4, 0.5) is 13.6 Å². The van der Waals surface area contributed by atoms with E-state index in [1.165, 1.54) is 24.3 Å². The summed E-state index contributed by atoms with van der Waals surface area (Å²) in [5.41, 5.74) is 5.19. The third-order valence-corrected chi connectivity index (χ3v) is 7.11. The van der Waals surface area contributed by atoms with Gasteiger partial charge in [-0.25, -0.2) is 18.3 Å². The molecule has 0 fully saturated rings. The largest absolute Gasteiger partial charge is 0.334 e. The average Bonchev–Trinajstić information content (AvgIpc) is 3.55. The van der Waals surface area contributed by atoms with Crippen molar-refractivity contribution in [3.63, 3.8) is 0 Å². The highest BCUT2D eigenvalue weighted by atomic mass is 19.1. The Labute approximate surface area is 225 Å². The van der Waals surface area contributed by atoms with Crippen molar-refractivity contribution in [1.29, 1.82) is 0 Å². The fourth-order valence-electron chi connectivity index (χ4n) is 5.23. The van der Waals surface area contributed by atoms with Crippen LogP contribution >= 0.6 is 0 Å². The summed E-state index contributed by atoms with van der Waals surface area (Å²) in [5.74, 6) is 0.204. The Morgan fingerprint density at radius 2 is 1.62 bits per heavy atom. The van der Waals surface area contributed by atoms with Crippen molar-refractivity contribution in [3.8, 4) is 11.5 Å². The first kappa shape index (κ1) is 24.6. The second-order valence-corrected chi connectivity index (χ2v) is 9.52. The molecule has 3 aromatic carbocycles. The molecule has 6 nitrogen and oxygen atoms in total. The Hall–Kier alpha value is -4.72. The molecular weight excluding hydrogens is 496 g/mol. The van der Waals surface area contributed by atoms with Gasteiger partial charge in [0.1, 0.15) is 17.5 Å². The zero-order chi connectivity index (χ0) is 26.9. The van der Waals surface area contributed by atoms with Crippen molar-refractivity contribution >= 4 is 6.03 Å². The first-order valence-electron chi connectivity index (χ1n) is 12.9. The van der Waals surface area contributed by atoms with Gasteiger partial charge in [0.15, 0.2) is 0 Å². The summed E-state index contributed by atoms with van der Waals surface area (Å²) < 4.78 is 31.3. The maximum Gasteiger partial charge on any atom is 0.318 e. The van der Waals surface area contributed by atoms with Crippen LogP contribution in [0.3, 0.4) is 0 Å². The third kappa shape index (κ3) is 4.58. The Kier molecular flexibility index (Phi) is 6.44. The van der Waals surface area contributed by atoms with Crippen LogP contribution < -0.4 is 5.32 Å². The van der Waals surface area contributed by atoms with E-state index in [-0.39, 0.29) is 24.2 Å². The lowest BCUT2D eigenvalue weighted by atomic mass is 10.0. The SMILES string of the molecule is CCc1nn(-c2ccccc2)c2c1CN(C(=O)NCc1ccc(F)cc1)[C@@H](c1ccc(F)cc1)c1cccn1-2. The number of carbonyl (C=O) groups excluding carboxylic acids is 1. The van der Waals surface area contributed by atoms with Crippen molar-refractivity contribution in [3.05, 3.63) is 137 Å². The van der Waals surface area contributed by atoms with Gasteiger partial charge in [0.05, 0.1) is 29.7 Å². The molecule has 0 aliphatic carbocycles. The van der Waals surface area contributed by atoms with Gasteiger partial charge in [-0.3, -0.25) is 0 Å². The highest BCUT2D eigenvalue weighted by molar-refractivity contribution is 5.76. The molecule has 196 valence electrons. The summed E-state index contributed by atoms with van der Waals surface area (Å²) in [6, 6.07) is 25.4. The van der Waals surface area contributed by atoms with Gasteiger partial charge in [-0.1, -0.05) is 49.4 Å². The number of aryl methyl sites for hydroxylation is 1. The van der Waals surface area contributed by atoms with Crippen molar-refractivity contribution in [1.82, 2.24) is 24.6 Å². The Morgan fingerprint density at radius 1 is 0.923 bits per heavy atom. The molecule has 0 radical (unpaired) electrons. The number of hydrogen-bond donors (Lipinski definition) is 1. The minimum absolute atomic E-state index is 0.240. The van der Waals surface area contributed by atoms with Gasteiger partial charge in [0.25, 0.3) is 0 Å². The molecule has 0 bridgehead atoms. The van der Waals surface area contributed by atoms with Gasteiger partial charge in [-0.2, -0.15) is 5.10 Å². The highest BCUT2D eigenvalue weighted by Gasteiger charge is 2.36. The fourth-order valence-corrected chi connectivity index (χ4v) is 5.23. The van der Waals surface area contributed by atoms with Crippen LogP contribution in [0.1, 0.15) is 41.0 Å². The van der Waals surface area contributed by atoms with Gasteiger partial charge in [0, 0.05) is 18.3 Å². The maximum absolute atomic E-state index is 13.9. The second kappa shape index (κ2) is 10.2. The Bertz CT molecular complexity index is 1610. The monoisotopic (exact) mass is 523 g/mol. The molecule has 6 rings (SSSR count). The molecule has 3 heterocycles. The van der Waals surface area contributed by atoms with Gasteiger partial charge >= 0.3 is 6.03 Å². The fraction of sp³-hybridized carbons (Fsp3) is 0.161. The van der Waals surface area contributed by atoms with Crippen LogP contribution in [0.25, 0.3) is 11.5 Å². The smallest absolute Gasteiger partial charge is 0.318 e. The molecule has 0 spiro atoms. The number of nitrogens with zero attached hydrogens (tertiary/aromatic N) is 4. The minimum atomic E-state index is -0.491. The lowest BCUT2D eigenvalue weighted by Crippen LogP contribution is -2.41. The number of amides is 2. The Morgan fingerprint density at radius 3 is 2.31 bits per heavy atom. The Balaban J connectivity index is 1.48. The first-order valence-corrected chi connectivity index (χ1v) is 12.9. The first-order chi connectivity index (χ1) is 19.0. The number of hydrogen-bond acceptors (Lipinski definition) is 2. The molecule has 8 heteroatoms. The van der Waals surface area contributed by atoms with Crippen LogP contribution in [0.2, 0.25) is 0 Å². The number of benzene rings is 3. The molecular formula is C31H27F2N5O. The summed E-state index contributed by atoms with van der Waals surface area (Å²) in [6.45, 7) is 2.59. The summed E-state index contributed by atoms with van der Waals surface area (Å²) in [5, 5.41) is 7.97. The minimum Gasteiger partial charge on any atom is -0.334 e. The predicted octanol–water partition coefficient (Wildman–Crippen LogP) is 6.32. The van der Waals surface area contributed by atoms with E-state index in [0.29, 0.717) is 13.0 Å². The van der Waals surface area contributed by atoms with E-state index in [9.17, 15) is 13.6 Å². The number of nitrogens with one attached hydrogen (secondary N) is 1. The highest BCUT2D eigenvalue weighted by Crippen LogP contribution is 2.38. The third-order valence-electron chi connectivity index (χ3n) is 7.11. The number of fused-ring (bicyclic) bond motifs is 3. The van der Waals surface area contributed by atoms with Gasteiger partial charge in [0.2, 0.25) is 0 Å². The standard InChI is InChI=1S/C31H27F2N5O/c1-2-27-26-20-37(31(39)34-19-21-10-14-23(32)15-11-21)29(22-12-16-24(33)17-13-22)28-9-6-18-36(28)30(26)38(35-27)25-7-4-3-5-8-25/h3-18,29H,2,19-20H2,1H3,(H,34,39)/t29-/m0/s1. The molecule has 1 aliphatic heterocycles. The number of urea groups is 1. The summed E-state index contributed by atoms with van der Waals surface area (Å²) >= 11 is 0. The molecule has 0 saturated carbocycles. The molecule has 2 aromatic heterocycles. The molecule has 0 unspecified atom stereocenters. The molecule has 5 aromatic rings. The number of halogens is 2. The van der Waals surface area contributed by atoms with Crippen LogP contribution in [0.5, 0.6) is 0 Å². The molecule has 1 N–H and O–H groups in total. The van der Waals surface area contributed by atoms with Gasteiger partial charge < -0.3 is 14.8 Å². The van der Waals surface area contributed by atoms with Gasteiger partial charge in [-0.15, -0.1) is 0 Å². The van der Waals surface area contributed by atoms with Crippen molar-refractivity contribution < 1.29 is 13.6 Å². The van der Waals surface area contributed by atoms with Crippen LogP contribution in [0.15, 0.2) is 97.2 Å². The lowest BCUT2D eigenvalue weighted by Gasteiger charge is -2.31. The van der Waals surface area contributed by atoms with Crippen molar-refractivity contribution in [2.45, 2.75) is 32.5 Å². The van der Waals surface area contributed by atoms with Gasteiger partial charge in [-0.05, 0) is 66.1 Å². The number of rotatable bonds is 5. The normalized spacial score (nSPS) is 14.4. The van der Waals surface area contributed by atoms with Crippen LogP contribution in [0, 0.1) is 11.6 Å². The number of para-hydroxylation sites is 1. The summed E-state index contributed by atoms with van der Waals surface area (Å²) in [4.78, 5) is 15.7. The van der Waals surface area contributed by atoms with E-state index in [0.717, 1.165) is 39.6 Å². The quantitative estimate of drug-likeness (QED) is 0.293. The van der Waals surface area contributed by atoms with Crippen molar-refractivity contribution in [2.24, 2.45) is 0 Å². The predicted molar refractivity (Wildman–Crippen MR) is 145 cm³/mol. The van der Waals surface area contributed by atoms with E-state index < -0.39 is 6.04 Å². The molecule has 1 atom stereocenters. The molecule has 1 aliphatic rings. The zero-order valence-corrected chi connectivity index (χ0v) is 21.4. The zero-order valence-electron chi connectivity index (χ0n) is 21.4. The van der Waals surface area contributed by atoms with Crippen LogP contribution in [-0.2, 0) is 19.5 Å². The van der Waals surface area contributed by atoms with E-state index in [1.54, 1.807) is 29.2 Å². The van der Waals surface area contributed by atoms with Crippen molar-refractivity contribution in [2.75, 3.05) is 0 Å². The van der Waals surface area contributed by atoms with E-state index >= 15 is 0 Å². The summed E-state index contributed by atoms with van der Waals surface area (Å²) in [6.07, 6.45) is 2.66. The van der Waals surface area contributed by atoms with E-state index in [1.807, 2.05) is 53.3 Å². The summed E-state index contributed by atoms with van der Waals surface area (Å²) in [7, 11) is 0. The molecule has 2 amide bonds. The maximum atomic E-state index is 13.9. The number of aromatic nitrogens is 3. The molecule has 0 saturated heterocycles. The van der Waals surface area contributed by atoms with E-state index in [4.69, 9.17) is 5.10 Å².